The molecule has 1 amide bonds. The van der Waals surface area contributed by atoms with E-state index < -0.39 is 17.8 Å². The van der Waals surface area contributed by atoms with Crippen LogP contribution in [-0.4, -0.2) is 37.3 Å². The topological polar surface area (TPSA) is 113 Å². The van der Waals surface area contributed by atoms with Gasteiger partial charge in [0.25, 0.3) is 5.91 Å². The molecule has 0 spiro atoms. The van der Waals surface area contributed by atoms with Crippen LogP contribution in [0.4, 0.5) is 0 Å². The predicted molar refractivity (Wildman–Crippen MR) is 157 cm³/mol. The largest absolute Gasteiger partial charge is 0.494 e. The number of hydrogen-bond donors (Lipinski definition) is 1. The summed E-state index contributed by atoms with van der Waals surface area (Å²) in [5.74, 6) is -0.193. The Morgan fingerprint density at radius 3 is 1.90 bits per heavy atom. The van der Waals surface area contributed by atoms with E-state index in [9.17, 15) is 14.4 Å². The first-order valence-electron chi connectivity index (χ1n) is 13.4. The normalized spacial score (nSPS) is 10.6. The molecule has 1 N–H and O–H groups in total. The third-order valence-corrected chi connectivity index (χ3v) is 5.77. The van der Waals surface area contributed by atoms with E-state index in [1.165, 1.54) is 18.3 Å². The van der Waals surface area contributed by atoms with Crippen molar-refractivity contribution in [2.24, 2.45) is 5.10 Å². The average Bonchev–Trinajstić information content (AvgIpc) is 3.02. The van der Waals surface area contributed by atoms with E-state index in [1.54, 1.807) is 91.0 Å². The summed E-state index contributed by atoms with van der Waals surface area (Å²) in [6, 6.07) is 28.4. The van der Waals surface area contributed by atoms with E-state index >= 15 is 0 Å². The van der Waals surface area contributed by atoms with Crippen LogP contribution in [0.5, 0.6) is 23.0 Å². The van der Waals surface area contributed by atoms with Crippen LogP contribution in [-0.2, 0) is 4.79 Å². The summed E-state index contributed by atoms with van der Waals surface area (Å²) in [4.78, 5) is 37.5. The second-order valence-corrected chi connectivity index (χ2v) is 8.97. The van der Waals surface area contributed by atoms with E-state index in [0.29, 0.717) is 29.0 Å². The highest BCUT2D eigenvalue weighted by atomic mass is 16.5. The zero-order valence-electron chi connectivity index (χ0n) is 23.0. The minimum atomic E-state index is -0.615. The summed E-state index contributed by atoms with van der Waals surface area (Å²) in [7, 11) is 0. The van der Waals surface area contributed by atoms with E-state index in [-0.39, 0.29) is 18.1 Å². The standard InChI is InChI=1S/C33H30N2O7/c1-2-3-20-39-27-16-18-28(19-17-27)40-23-31(36)35-34-22-26-14-15-29(41-32(37)24-10-6-4-7-11-24)21-30(26)42-33(38)25-12-8-5-9-13-25/h4-19,21-22H,2-3,20,23H2,1H3,(H,35,36)/b34-22-. The number of ether oxygens (including phenoxy) is 4. The van der Waals surface area contributed by atoms with Crippen LogP contribution in [0, 0.1) is 0 Å². The third kappa shape index (κ3) is 9.06. The number of unbranched alkanes of at least 4 members (excludes halogenated alkanes) is 1. The maximum Gasteiger partial charge on any atom is 0.343 e. The van der Waals surface area contributed by atoms with E-state index in [2.05, 4.69) is 17.5 Å². The highest BCUT2D eigenvalue weighted by molar-refractivity contribution is 5.94. The van der Waals surface area contributed by atoms with Crippen LogP contribution in [0.2, 0.25) is 0 Å². The molecule has 42 heavy (non-hydrogen) atoms. The molecule has 4 rings (SSSR count). The monoisotopic (exact) mass is 566 g/mol. The summed E-state index contributed by atoms with van der Waals surface area (Å²) in [5, 5.41) is 3.97. The Kier molecular flexibility index (Phi) is 10.8. The van der Waals surface area contributed by atoms with Gasteiger partial charge in [-0.3, -0.25) is 4.79 Å². The first-order chi connectivity index (χ1) is 20.5. The van der Waals surface area contributed by atoms with Gasteiger partial charge in [0, 0.05) is 11.6 Å². The molecule has 0 aliphatic heterocycles. The highest BCUT2D eigenvalue weighted by Crippen LogP contribution is 2.26. The van der Waals surface area contributed by atoms with Gasteiger partial charge in [0.1, 0.15) is 23.0 Å². The lowest BCUT2D eigenvalue weighted by molar-refractivity contribution is -0.123. The lowest BCUT2D eigenvalue weighted by atomic mass is 10.2. The smallest absolute Gasteiger partial charge is 0.343 e. The fourth-order valence-electron chi connectivity index (χ4n) is 3.57. The molecule has 0 fully saturated rings. The SMILES string of the molecule is CCCCOc1ccc(OCC(=O)N/N=C\c2ccc(OC(=O)c3ccccc3)cc2OC(=O)c2ccccc2)cc1. The van der Waals surface area contributed by atoms with Crippen LogP contribution in [0.15, 0.2) is 108 Å². The van der Waals surface area contributed by atoms with Crippen LogP contribution in [0.25, 0.3) is 0 Å². The number of nitrogens with zero attached hydrogens (tertiary/aromatic N) is 1. The molecule has 4 aromatic rings. The van der Waals surface area contributed by atoms with E-state index in [1.807, 2.05) is 0 Å². The van der Waals surface area contributed by atoms with Crippen LogP contribution >= 0.6 is 0 Å². The zero-order chi connectivity index (χ0) is 29.6. The summed E-state index contributed by atoms with van der Waals surface area (Å²) < 4.78 is 22.2. The lowest BCUT2D eigenvalue weighted by Crippen LogP contribution is -2.24. The molecule has 0 aromatic heterocycles. The Bertz CT molecular complexity index is 1500. The van der Waals surface area contributed by atoms with Crippen LogP contribution in [0.1, 0.15) is 46.0 Å². The van der Waals surface area contributed by atoms with E-state index in [4.69, 9.17) is 18.9 Å². The highest BCUT2D eigenvalue weighted by Gasteiger charge is 2.15. The number of amides is 1. The second kappa shape index (κ2) is 15.4. The number of hydrazone groups is 1. The Hall–Kier alpha value is -5.44. The van der Waals surface area contributed by atoms with Gasteiger partial charge in [0.05, 0.1) is 23.9 Å². The van der Waals surface area contributed by atoms with Crippen molar-refractivity contribution in [3.63, 3.8) is 0 Å². The molecule has 0 heterocycles. The molecule has 0 aliphatic carbocycles. The molecule has 4 aromatic carbocycles. The van der Waals surface area contributed by atoms with Gasteiger partial charge in [-0.05, 0) is 67.1 Å². The van der Waals surface area contributed by atoms with Crippen LogP contribution in [0.3, 0.4) is 0 Å². The minimum Gasteiger partial charge on any atom is -0.494 e. The maximum absolute atomic E-state index is 12.7. The molecule has 0 atom stereocenters. The Balaban J connectivity index is 1.39. The fourth-order valence-corrected chi connectivity index (χ4v) is 3.57. The van der Waals surface area contributed by atoms with Crippen molar-refractivity contribution in [2.75, 3.05) is 13.2 Å². The van der Waals surface area contributed by atoms with Gasteiger partial charge < -0.3 is 18.9 Å². The van der Waals surface area contributed by atoms with Crippen molar-refractivity contribution in [1.29, 1.82) is 0 Å². The molecule has 0 radical (unpaired) electrons. The first kappa shape index (κ1) is 29.5. The minimum absolute atomic E-state index is 0.0812. The van der Waals surface area contributed by atoms with E-state index in [0.717, 1.165) is 18.6 Å². The molecule has 0 unspecified atom stereocenters. The maximum atomic E-state index is 12.7. The number of rotatable bonds is 13. The zero-order valence-corrected chi connectivity index (χ0v) is 23.0. The van der Waals surface area contributed by atoms with Gasteiger partial charge in [-0.1, -0.05) is 49.7 Å². The second-order valence-electron chi connectivity index (χ2n) is 8.97. The van der Waals surface area contributed by atoms with Crippen molar-refractivity contribution in [3.8, 4) is 23.0 Å². The third-order valence-electron chi connectivity index (χ3n) is 5.77. The molecule has 9 heteroatoms. The quantitative estimate of drug-likeness (QED) is 0.0712. The van der Waals surface area contributed by atoms with Crippen molar-refractivity contribution >= 4 is 24.1 Å². The predicted octanol–water partition coefficient (Wildman–Crippen LogP) is 5.83. The van der Waals surface area contributed by atoms with Gasteiger partial charge in [0.2, 0.25) is 0 Å². The fraction of sp³-hybridized carbons (Fsp3) is 0.152. The Morgan fingerprint density at radius 2 is 1.29 bits per heavy atom. The number of benzene rings is 4. The summed E-state index contributed by atoms with van der Waals surface area (Å²) in [6.07, 6.45) is 3.34. The molecular weight excluding hydrogens is 536 g/mol. The van der Waals surface area contributed by atoms with Gasteiger partial charge in [-0.15, -0.1) is 0 Å². The van der Waals surface area contributed by atoms with Crippen molar-refractivity contribution in [1.82, 2.24) is 5.43 Å². The van der Waals surface area contributed by atoms with Gasteiger partial charge in [0.15, 0.2) is 6.61 Å². The number of carbonyl (C=O) groups is 3. The molecule has 0 aliphatic rings. The Labute approximate surface area is 243 Å². The lowest BCUT2D eigenvalue weighted by Gasteiger charge is -2.11. The molecule has 0 bridgehead atoms. The van der Waals surface area contributed by atoms with Crippen LogP contribution < -0.4 is 24.4 Å². The average molecular weight is 567 g/mol. The number of nitrogens with one attached hydrogen (secondary N) is 1. The number of carbonyl (C=O) groups excluding carboxylic acids is 3. The first-order valence-corrected chi connectivity index (χ1v) is 13.4. The summed E-state index contributed by atoms with van der Waals surface area (Å²) in [6.45, 7) is 2.47. The van der Waals surface area contributed by atoms with Gasteiger partial charge in [-0.2, -0.15) is 5.10 Å². The molecule has 0 saturated heterocycles. The Morgan fingerprint density at radius 1 is 0.714 bits per heavy atom. The van der Waals surface area contributed by atoms with Crippen molar-refractivity contribution < 1.29 is 33.3 Å². The molecule has 0 saturated carbocycles. The van der Waals surface area contributed by atoms with Crippen molar-refractivity contribution in [3.05, 3.63) is 120 Å². The van der Waals surface area contributed by atoms with Gasteiger partial charge >= 0.3 is 11.9 Å². The van der Waals surface area contributed by atoms with Gasteiger partial charge in [-0.25, -0.2) is 15.0 Å². The molecular formula is C33H30N2O7. The molecule has 9 nitrogen and oxygen atoms in total. The number of hydrogen-bond acceptors (Lipinski definition) is 8. The molecule has 214 valence electrons. The summed E-state index contributed by atoms with van der Waals surface area (Å²) in [5.41, 5.74) is 3.44. The number of esters is 2. The van der Waals surface area contributed by atoms with Crippen molar-refractivity contribution in [2.45, 2.75) is 19.8 Å². The summed E-state index contributed by atoms with van der Waals surface area (Å²) >= 11 is 0.